The van der Waals surface area contributed by atoms with Gasteiger partial charge in [-0.3, -0.25) is 9.59 Å². The lowest BCUT2D eigenvalue weighted by atomic mass is 10.3. The summed E-state index contributed by atoms with van der Waals surface area (Å²) in [6, 6.07) is 0. The number of hydrogen-bond donors (Lipinski definition) is 1. The minimum atomic E-state index is -4.40. The zero-order valence-corrected chi connectivity index (χ0v) is 18.6. The average molecular weight is 496 g/mol. The first-order chi connectivity index (χ1) is 15.1. The molecule has 176 valence electrons. The van der Waals surface area contributed by atoms with E-state index in [0.717, 1.165) is 6.20 Å². The van der Waals surface area contributed by atoms with Crippen molar-refractivity contribution in [1.29, 1.82) is 0 Å². The number of piperazine rings is 1. The maximum absolute atomic E-state index is 12.7. The van der Waals surface area contributed by atoms with E-state index in [2.05, 4.69) is 15.2 Å². The van der Waals surface area contributed by atoms with Crippen LogP contribution in [-0.4, -0.2) is 71.5 Å². The van der Waals surface area contributed by atoms with Crippen LogP contribution in [0.15, 0.2) is 17.2 Å². The summed E-state index contributed by atoms with van der Waals surface area (Å²) in [5.41, 5.74) is -0.557. The predicted octanol–water partition coefficient (Wildman–Crippen LogP) is 2.42. The van der Waals surface area contributed by atoms with Gasteiger partial charge in [-0.1, -0.05) is 22.9 Å². The fraction of sp³-hybridized carbons (Fsp3) is 0.556. The number of nitrogens with zero attached hydrogens (tertiary/aromatic N) is 4. The zero-order valence-electron chi connectivity index (χ0n) is 17.0. The highest BCUT2D eigenvalue weighted by molar-refractivity contribution is 7.15. The highest BCUT2D eigenvalue weighted by Crippen LogP contribution is 2.36. The first kappa shape index (κ1) is 24.3. The SMILES string of the molecule is CC(COCCC(=O)N1CCN(c2ncc(C(F)(F)F)s2)CC1)Oc1cn[nH]c(=O)c1Cl. The Balaban J connectivity index is 1.36. The van der Waals surface area contributed by atoms with Gasteiger partial charge in [0.05, 0.1) is 32.0 Å². The van der Waals surface area contributed by atoms with E-state index in [0.29, 0.717) is 42.6 Å². The number of ether oxygens (including phenoxy) is 2. The molecule has 0 spiro atoms. The molecule has 1 fully saturated rings. The van der Waals surface area contributed by atoms with E-state index >= 15 is 0 Å². The fourth-order valence-electron chi connectivity index (χ4n) is 2.96. The molecule has 0 bridgehead atoms. The lowest BCUT2D eigenvalue weighted by molar-refractivity contribution is -0.134. The summed E-state index contributed by atoms with van der Waals surface area (Å²) in [5.74, 6) is 0.0400. The number of aromatic nitrogens is 3. The largest absolute Gasteiger partial charge is 0.485 e. The van der Waals surface area contributed by atoms with Crippen LogP contribution in [0.1, 0.15) is 18.2 Å². The van der Waals surface area contributed by atoms with Crippen molar-refractivity contribution in [2.75, 3.05) is 44.3 Å². The number of amides is 1. The summed E-state index contributed by atoms with van der Waals surface area (Å²) < 4.78 is 49.2. The minimum Gasteiger partial charge on any atom is -0.485 e. The van der Waals surface area contributed by atoms with Gasteiger partial charge >= 0.3 is 6.18 Å². The van der Waals surface area contributed by atoms with E-state index in [1.807, 2.05) is 0 Å². The minimum absolute atomic E-state index is 0.102. The summed E-state index contributed by atoms with van der Waals surface area (Å²) in [7, 11) is 0. The van der Waals surface area contributed by atoms with E-state index in [-0.39, 0.29) is 36.3 Å². The first-order valence-corrected chi connectivity index (χ1v) is 10.9. The summed E-state index contributed by atoms with van der Waals surface area (Å²) in [5, 5.41) is 6.00. The molecule has 3 heterocycles. The number of rotatable bonds is 8. The molecule has 3 rings (SSSR count). The monoisotopic (exact) mass is 495 g/mol. The number of carbonyl (C=O) groups excluding carboxylic acids is 1. The van der Waals surface area contributed by atoms with E-state index < -0.39 is 22.7 Å². The molecule has 0 radical (unpaired) electrons. The number of aromatic amines is 1. The van der Waals surface area contributed by atoms with Gasteiger partial charge in [0.15, 0.2) is 15.9 Å². The number of anilines is 1. The Kier molecular flexibility index (Phi) is 7.96. The number of thiazole rings is 1. The second kappa shape index (κ2) is 10.5. The van der Waals surface area contributed by atoms with Crippen LogP contribution in [0.4, 0.5) is 18.3 Å². The second-order valence-electron chi connectivity index (χ2n) is 7.00. The van der Waals surface area contributed by atoms with Gasteiger partial charge in [-0.2, -0.15) is 18.3 Å². The van der Waals surface area contributed by atoms with Crippen LogP contribution in [0.25, 0.3) is 0 Å². The molecule has 1 saturated heterocycles. The number of halogens is 4. The maximum atomic E-state index is 12.7. The molecule has 1 aliphatic heterocycles. The molecule has 32 heavy (non-hydrogen) atoms. The number of nitrogens with one attached hydrogen (secondary N) is 1. The third kappa shape index (κ3) is 6.33. The normalized spacial score (nSPS) is 15.7. The summed E-state index contributed by atoms with van der Waals surface area (Å²) in [6.45, 7) is 3.69. The van der Waals surface area contributed by atoms with Crippen LogP contribution in [-0.2, 0) is 15.7 Å². The Morgan fingerprint density at radius 1 is 1.31 bits per heavy atom. The van der Waals surface area contributed by atoms with Gasteiger partial charge in [0, 0.05) is 26.2 Å². The van der Waals surface area contributed by atoms with Crippen LogP contribution >= 0.6 is 22.9 Å². The molecule has 2 aromatic heterocycles. The van der Waals surface area contributed by atoms with Gasteiger partial charge in [0.25, 0.3) is 5.56 Å². The quantitative estimate of drug-likeness (QED) is 0.561. The third-order valence-electron chi connectivity index (χ3n) is 4.58. The molecule has 1 amide bonds. The lowest BCUT2D eigenvalue weighted by Gasteiger charge is -2.34. The predicted molar refractivity (Wildman–Crippen MR) is 111 cm³/mol. The molecule has 1 unspecified atom stereocenters. The van der Waals surface area contributed by atoms with E-state index in [9.17, 15) is 22.8 Å². The molecule has 1 atom stereocenters. The topological polar surface area (TPSA) is 101 Å². The van der Waals surface area contributed by atoms with Crippen molar-refractivity contribution < 1.29 is 27.4 Å². The van der Waals surface area contributed by atoms with Crippen molar-refractivity contribution >= 4 is 34.0 Å². The Bertz CT molecular complexity index is 978. The maximum Gasteiger partial charge on any atom is 0.427 e. The molecular formula is C18H21ClF3N5O4S. The Hall–Kier alpha value is -2.38. The van der Waals surface area contributed by atoms with Gasteiger partial charge in [0.1, 0.15) is 11.0 Å². The molecule has 0 aliphatic carbocycles. The van der Waals surface area contributed by atoms with Gasteiger partial charge in [-0.25, -0.2) is 10.1 Å². The first-order valence-electron chi connectivity index (χ1n) is 9.68. The van der Waals surface area contributed by atoms with Crippen molar-refractivity contribution in [1.82, 2.24) is 20.1 Å². The van der Waals surface area contributed by atoms with E-state index in [4.69, 9.17) is 21.1 Å². The van der Waals surface area contributed by atoms with Crippen molar-refractivity contribution in [3.8, 4) is 5.75 Å². The Labute approximate surface area is 190 Å². The average Bonchev–Trinajstić information content (AvgIpc) is 3.25. The van der Waals surface area contributed by atoms with E-state index in [1.54, 1.807) is 16.7 Å². The smallest absolute Gasteiger partial charge is 0.427 e. The standard InChI is InChI=1S/C18H21ClF3N5O4S/c1-11(31-12-8-24-25-16(29)15(12)19)10-30-7-2-14(28)26-3-5-27(6-4-26)17-23-9-13(32-17)18(20,21)22/h8-9,11H,2-7,10H2,1H3,(H,25,29). The summed E-state index contributed by atoms with van der Waals surface area (Å²) in [4.78, 5) is 30.3. The molecule has 2 aromatic rings. The van der Waals surface area contributed by atoms with E-state index in [1.165, 1.54) is 6.20 Å². The van der Waals surface area contributed by atoms with Crippen LogP contribution in [0.5, 0.6) is 5.75 Å². The van der Waals surface area contributed by atoms with Crippen molar-refractivity contribution in [3.05, 3.63) is 32.6 Å². The fourth-order valence-corrected chi connectivity index (χ4v) is 3.93. The molecule has 9 nitrogen and oxygen atoms in total. The molecule has 14 heteroatoms. The number of carbonyl (C=O) groups is 1. The van der Waals surface area contributed by atoms with Crippen LogP contribution in [0.2, 0.25) is 5.02 Å². The molecular weight excluding hydrogens is 475 g/mol. The summed E-state index contributed by atoms with van der Waals surface area (Å²) in [6.07, 6.45) is -2.54. The number of hydrogen-bond acceptors (Lipinski definition) is 8. The van der Waals surface area contributed by atoms with Crippen molar-refractivity contribution in [2.45, 2.75) is 25.6 Å². The zero-order chi connectivity index (χ0) is 23.3. The van der Waals surface area contributed by atoms with Crippen molar-refractivity contribution in [3.63, 3.8) is 0 Å². The van der Waals surface area contributed by atoms with Gasteiger partial charge in [0.2, 0.25) is 5.91 Å². The Morgan fingerprint density at radius 2 is 2.03 bits per heavy atom. The molecule has 0 saturated carbocycles. The van der Waals surface area contributed by atoms with Gasteiger partial charge in [-0.15, -0.1) is 0 Å². The lowest BCUT2D eigenvalue weighted by Crippen LogP contribution is -2.49. The summed E-state index contributed by atoms with van der Waals surface area (Å²) >= 11 is 6.44. The highest BCUT2D eigenvalue weighted by atomic mass is 35.5. The Morgan fingerprint density at radius 3 is 2.69 bits per heavy atom. The third-order valence-corrected chi connectivity index (χ3v) is 6.04. The number of H-pyrrole nitrogens is 1. The number of alkyl halides is 3. The van der Waals surface area contributed by atoms with Crippen LogP contribution in [0, 0.1) is 0 Å². The molecule has 1 N–H and O–H groups in total. The molecule has 0 aromatic carbocycles. The van der Waals surface area contributed by atoms with Crippen LogP contribution in [0.3, 0.4) is 0 Å². The highest BCUT2D eigenvalue weighted by Gasteiger charge is 2.34. The van der Waals surface area contributed by atoms with Crippen LogP contribution < -0.4 is 15.2 Å². The van der Waals surface area contributed by atoms with Gasteiger partial charge < -0.3 is 19.3 Å². The second-order valence-corrected chi connectivity index (χ2v) is 8.39. The van der Waals surface area contributed by atoms with Crippen molar-refractivity contribution in [2.24, 2.45) is 0 Å². The molecule has 1 aliphatic rings. The van der Waals surface area contributed by atoms with Gasteiger partial charge in [-0.05, 0) is 6.92 Å².